The normalized spacial score (nSPS) is 24.5. The number of carbonyl (C=O) groups is 2. The molecule has 1 aromatic rings. The predicted octanol–water partition coefficient (Wildman–Crippen LogP) is 1.36. The van der Waals surface area contributed by atoms with Gasteiger partial charge in [-0.1, -0.05) is 0 Å². The molecular weight excluding hydrogens is 293 g/mol. The number of rotatable bonds is 0. The van der Waals surface area contributed by atoms with Gasteiger partial charge in [-0.25, -0.2) is 9.18 Å². The molecule has 2 aliphatic rings. The van der Waals surface area contributed by atoms with E-state index in [-0.39, 0.29) is 12.4 Å². The monoisotopic (exact) mass is 303 g/mol. The number of anilines is 1. The molecular formula is C11H11ClFN3O2S. The molecule has 0 aliphatic carbocycles. The Morgan fingerprint density at radius 1 is 1.37 bits per heavy atom. The molecule has 0 unspecified atom stereocenters. The van der Waals surface area contributed by atoms with E-state index >= 15 is 0 Å². The van der Waals surface area contributed by atoms with E-state index in [4.69, 9.17) is 5.73 Å². The van der Waals surface area contributed by atoms with Gasteiger partial charge in [0.2, 0.25) is 0 Å². The zero-order chi connectivity index (χ0) is 12.9. The fourth-order valence-electron chi connectivity index (χ4n) is 2.39. The Morgan fingerprint density at radius 2 is 2.11 bits per heavy atom. The lowest BCUT2D eigenvalue weighted by Gasteiger charge is -2.33. The highest BCUT2D eigenvalue weighted by Gasteiger charge is 2.50. The second kappa shape index (κ2) is 4.57. The number of benzene rings is 1. The van der Waals surface area contributed by atoms with Crippen molar-refractivity contribution in [1.82, 2.24) is 10.6 Å². The first-order chi connectivity index (χ1) is 8.53. The van der Waals surface area contributed by atoms with Gasteiger partial charge >= 0.3 is 6.03 Å². The third-order valence-electron chi connectivity index (χ3n) is 3.21. The number of amides is 3. The Morgan fingerprint density at radius 3 is 2.74 bits per heavy atom. The lowest BCUT2D eigenvalue weighted by molar-refractivity contribution is -0.124. The van der Waals surface area contributed by atoms with Crippen molar-refractivity contribution in [3.05, 3.63) is 23.5 Å². The third-order valence-corrected chi connectivity index (χ3v) is 4.36. The average Bonchev–Trinajstić information content (AvgIpc) is 2.56. The molecule has 1 fully saturated rings. The SMILES string of the molecule is Cl.Nc1cc(F)cc2c1SCC[C@]21NC(=O)NC1=O. The van der Waals surface area contributed by atoms with E-state index in [1.165, 1.54) is 23.9 Å². The first-order valence-electron chi connectivity index (χ1n) is 5.39. The van der Waals surface area contributed by atoms with Gasteiger partial charge in [-0.2, -0.15) is 0 Å². The average molecular weight is 304 g/mol. The van der Waals surface area contributed by atoms with Gasteiger partial charge in [0.1, 0.15) is 11.4 Å². The van der Waals surface area contributed by atoms with E-state index in [2.05, 4.69) is 10.6 Å². The fourth-order valence-corrected chi connectivity index (χ4v) is 3.62. The maximum atomic E-state index is 13.5. The first-order valence-corrected chi connectivity index (χ1v) is 6.37. The molecule has 0 saturated carbocycles. The van der Waals surface area contributed by atoms with Crippen molar-refractivity contribution in [3.8, 4) is 0 Å². The first kappa shape index (κ1) is 14.0. The van der Waals surface area contributed by atoms with Gasteiger partial charge in [0, 0.05) is 21.9 Å². The molecule has 1 aromatic carbocycles. The van der Waals surface area contributed by atoms with Crippen molar-refractivity contribution in [2.45, 2.75) is 16.9 Å². The van der Waals surface area contributed by atoms with Crippen LogP contribution in [-0.4, -0.2) is 17.7 Å². The van der Waals surface area contributed by atoms with Crippen molar-refractivity contribution in [3.63, 3.8) is 0 Å². The number of urea groups is 1. The summed E-state index contributed by atoms with van der Waals surface area (Å²) in [4.78, 5) is 24.0. The van der Waals surface area contributed by atoms with Gasteiger partial charge in [0.05, 0.1) is 0 Å². The Balaban J connectivity index is 0.00000133. The lowest BCUT2D eigenvalue weighted by Crippen LogP contribution is -2.46. The topological polar surface area (TPSA) is 84.2 Å². The minimum Gasteiger partial charge on any atom is -0.398 e. The maximum absolute atomic E-state index is 13.5. The van der Waals surface area contributed by atoms with Gasteiger partial charge in [-0.3, -0.25) is 10.1 Å². The standard InChI is InChI=1S/C11H10FN3O2S.ClH/c12-5-3-6-8(7(13)4-5)18-2-1-11(6)9(16)14-10(17)15-11;/h3-4H,1-2,13H2,(H2,14,15,16,17);1H/t11-;/m0./s1. The van der Waals surface area contributed by atoms with E-state index in [1.807, 2.05) is 0 Å². The summed E-state index contributed by atoms with van der Waals surface area (Å²) in [5, 5.41) is 4.79. The fraction of sp³-hybridized carbons (Fsp3) is 0.273. The number of halogens is 2. The molecule has 3 amide bonds. The summed E-state index contributed by atoms with van der Waals surface area (Å²) in [5.74, 6) is -0.322. The Bertz CT molecular complexity index is 583. The Labute approximate surface area is 118 Å². The number of nitrogen functional groups attached to an aromatic ring is 1. The van der Waals surface area contributed by atoms with Gasteiger partial charge in [-0.15, -0.1) is 24.2 Å². The van der Waals surface area contributed by atoms with E-state index in [0.29, 0.717) is 28.3 Å². The van der Waals surface area contributed by atoms with E-state index < -0.39 is 23.3 Å². The zero-order valence-electron chi connectivity index (χ0n) is 9.66. The molecule has 0 bridgehead atoms. The van der Waals surface area contributed by atoms with Crippen LogP contribution in [0.5, 0.6) is 0 Å². The van der Waals surface area contributed by atoms with E-state index in [0.717, 1.165) is 0 Å². The summed E-state index contributed by atoms with van der Waals surface area (Å²) in [6, 6.07) is 1.93. The van der Waals surface area contributed by atoms with Crippen LogP contribution in [0.4, 0.5) is 14.9 Å². The molecule has 8 heteroatoms. The van der Waals surface area contributed by atoms with E-state index in [1.54, 1.807) is 0 Å². The van der Waals surface area contributed by atoms with Crippen LogP contribution < -0.4 is 16.4 Å². The molecule has 102 valence electrons. The van der Waals surface area contributed by atoms with Crippen molar-refractivity contribution in [1.29, 1.82) is 0 Å². The van der Waals surface area contributed by atoms with Crippen LogP contribution in [0.3, 0.4) is 0 Å². The summed E-state index contributed by atoms with van der Waals surface area (Å²) in [6.45, 7) is 0. The summed E-state index contributed by atoms with van der Waals surface area (Å²) in [5.41, 5.74) is 5.33. The van der Waals surface area contributed by atoms with Crippen molar-refractivity contribution in [2.24, 2.45) is 0 Å². The second-order valence-electron chi connectivity index (χ2n) is 4.28. The number of nitrogens with two attached hydrogens (primary N) is 1. The highest BCUT2D eigenvalue weighted by molar-refractivity contribution is 7.99. The zero-order valence-corrected chi connectivity index (χ0v) is 11.3. The summed E-state index contributed by atoms with van der Waals surface area (Å²) in [6.07, 6.45) is 0.422. The third kappa shape index (κ3) is 1.93. The summed E-state index contributed by atoms with van der Waals surface area (Å²) >= 11 is 1.47. The molecule has 3 rings (SSSR count). The minimum absolute atomic E-state index is 0. The molecule has 2 heterocycles. The predicted molar refractivity (Wildman–Crippen MR) is 71.8 cm³/mol. The lowest BCUT2D eigenvalue weighted by atomic mass is 9.86. The van der Waals surface area contributed by atoms with Crippen LogP contribution in [0.2, 0.25) is 0 Å². The molecule has 5 nitrogen and oxygen atoms in total. The molecule has 0 aromatic heterocycles. The van der Waals surface area contributed by atoms with Crippen molar-refractivity contribution < 1.29 is 14.0 Å². The van der Waals surface area contributed by atoms with Crippen LogP contribution in [0.15, 0.2) is 17.0 Å². The number of imide groups is 1. The highest BCUT2D eigenvalue weighted by atomic mass is 35.5. The van der Waals surface area contributed by atoms with Crippen molar-refractivity contribution in [2.75, 3.05) is 11.5 Å². The summed E-state index contributed by atoms with van der Waals surface area (Å²) in [7, 11) is 0. The van der Waals surface area contributed by atoms with Crippen LogP contribution in [-0.2, 0) is 10.3 Å². The molecule has 2 aliphatic heterocycles. The number of fused-ring (bicyclic) bond motifs is 2. The molecule has 4 N–H and O–H groups in total. The van der Waals surface area contributed by atoms with Gasteiger partial charge in [0.25, 0.3) is 5.91 Å². The van der Waals surface area contributed by atoms with Crippen LogP contribution in [0, 0.1) is 5.82 Å². The smallest absolute Gasteiger partial charge is 0.322 e. The van der Waals surface area contributed by atoms with Crippen molar-refractivity contribution >= 4 is 41.8 Å². The number of hydrogen-bond acceptors (Lipinski definition) is 4. The van der Waals surface area contributed by atoms with Crippen LogP contribution >= 0.6 is 24.2 Å². The Kier molecular flexibility index (Phi) is 3.36. The minimum atomic E-state index is -1.17. The van der Waals surface area contributed by atoms with Crippen LogP contribution in [0.25, 0.3) is 0 Å². The highest BCUT2D eigenvalue weighted by Crippen LogP contribution is 2.44. The molecule has 1 saturated heterocycles. The summed E-state index contributed by atoms with van der Waals surface area (Å²) < 4.78 is 13.5. The number of nitrogens with one attached hydrogen (secondary N) is 2. The van der Waals surface area contributed by atoms with E-state index in [9.17, 15) is 14.0 Å². The van der Waals surface area contributed by atoms with Gasteiger partial charge in [0.15, 0.2) is 0 Å². The van der Waals surface area contributed by atoms with Gasteiger partial charge in [-0.05, 0) is 18.6 Å². The Hall–Kier alpha value is -1.47. The molecule has 1 atom stereocenters. The number of thioether (sulfide) groups is 1. The molecule has 1 spiro atoms. The van der Waals surface area contributed by atoms with Gasteiger partial charge < -0.3 is 11.1 Å². The second-order valence-corrected chi connectivity index (χ2v) is 5.39. The largest absolute Gasteiger partial charge is 0.398 e. The maximum Gasteiger partial charge on any atom is 0.322 e. The number of carbonyl (C=O) groups excluding carboxylic acids is 2. The molecule has 19 heavy (non-hydrogen) atoms. The quantitative estimate of drug-likeness (QED) is 0.499. The number of hydrogen-bond donors (Lipinski definition) is 3. The molecule has 0 radical (unpaired) electrons. The van der Waals surface area contributed by atoms with Crippen LogP contribution in [0.1, 0.15) is 12.0 Å².